The first kappa shape index (κ1) is 15.2. The van der Waals surface area contributed by atoms with Gasteiger partial charge in [0.15, 0.2) is 18.2 Å². The Bertz CT molecular complexity index is 555. The molecule has 3 rings (SSSR count). The first-order valence-corrected chi connectivity index (χ1v) is 7.62. The van der Waals surface area contributed by atoms with Crippen molar-refractivity contribution in [3.63, 3.8) is 0 Å². The SMILES string of the molecule is CN(C(=O)COc1ccc(F)cc1F)C1CC2CCC(C1)N2. The van der Waals surface area contributed by atoms with Gasteiger partial charge in [-0.25, -0.2) is 8.78 Å². The van der Waals surface area contributed by atoms with Gasteiger partial charge in [0.2, 0.25) is 0 Å². The highest BCUT2D eigenvalue weighted by Gasteiger charge is 2.36. The molecule has 0 aliphatic carbocycles. The van der Waals surface area contributed by atoms with E-state index in [1.54, 1.807) is 11.9 Å². The zero-order chi connectivity index (χ0) is 15.7. The van der Waals surface area contributed by atoms with Gasteiger partial charge in [-0.05, 0) is 37.8 Å². The van der Waals surface area contributed by atoms with Gasteiger partial charge < -0.3 is 15.0 Å². The lowest BCUT2D eigenvalue weighted by Crippen LogP contribution is -2.49. The Morgan fingerprint density at radius 3 is 2.64 bits per heavy atom. The van der Waals surface area contributed by atoms with Crippen LogP contribution in [0, 0.1) is 11.6 Å². The molecule has 22 heavy (non-hydrogen) atoms. The second kappa shape index (κ2) is 6.20. The molecule has 1 aromatic carbocycles. The lowest BCUT2D eigenvalue weighted by atomic mass is 9.98. The molecule has 2 atom stereocenters. The Balaban J connectivity index is 1.55. The lowest BCUT2D eigenvalue weighted by Gasteiger charge is -2.35. The summed E-state index contributed by atoms with van der Waals surface area (Å²) in [5.74, 6) is -1.75. The number of hydrogen-bond acceptors (Lipinski definition) is 3. The fourth-order valence-electron chi connectivity index (χ4n) is 3.38. The summed E-state index contributed by atoms with van der Waals surface area (Å²) in [4.78, 5) is 13.9. The molecule has 1 amide bonds. The number of carbonyl (C=O) groups is 1. The van der Waals surface area contributed by atoms with Crippen molar-refractivity contribution in [3.8, 4) is 5.75 Å². The molecule has 0 spiro atoms. The summed E-state index contributed by atoms with van der Waals surface area (Å²) in [6, 6.07) is 4.24. The third-order valence-electron chi connectivity index (χ3n) is 4.63. The summed E-state index contributed by atoms with van der Waals surface area (Å²) >= 11 is 0. The van der Waals surface area contributed by atoms with Crippen molar-refractivity contribution >= 4 is 5.91 Å². The van der Waals surface area contributed by atoms with Gasteiger partial charge in [-0.15, -0.1) is 0 Å². The number of likely N-dealkylation sites (N-methyl/N-ethyl adjacent to an activating group) is 1. The molecule has 0 radical (unpaired) electrons. The number of halogens is 2. The molecule has 2 unspecified atom stereocenters. The highest BCUT2D eigenvalue weighted by atomic mass is 19.1. The fourth-order valence-corrected chi connectivity index (χ4v) is 3.38. The van der Waals surface area contributed by atoms with Crippen LogP contribution in [0.5, 0.6) is 5.75 Å². The molecule has 2 bridgehead atoms. The van der Waals surface area contributed by atoms with Crippen molar-refractivity contribution in [1.82, 2.24) is 10.2 Å². The maximum Gasteiger partial charge on any atom is 0.260 e. The zero-order valence-electron chi connectivity index (χ0n) is 12.5. The molecule has 2 saturated heterocycles. The van der Waals surface area contributed by atoms with Gasteiger partial charge >= 0.3 is 0 Å². The Morgan fingerprint density at radius 1 is 1.32 bits per heavy atom. The number of fused-ring (bicyclic) bond motifs is 2. The van der Waals surface area contributed by atoms with Crippen molar-refractivity contribution in [2.75, 3.05) is 13.7 Å². The Labute approximate surface area is 128 Å². The standard InChI is InChI=1S/C16H20F2N2O2/c1-20(13-7-11-3-4-12(8-13)19-11)16(21)9-22-15-5-2-10(17)6-14(15)18/h2,5-6,11-13,19H,3-4,7-9H2,1H3. The normalized spacial score (nSPS) is 26.8. The summed E-state index contributed by atoms with van der Waals surface area (Å²) in [5.41, 5.74) is 0. The minimum absolute atomic E-state index is 0.103. The first-order valence-electron chi connectivity index (χ1n) is 7.62. The predicted molar refractivity (Wildman–Crippen MR) is 77.6 cm³/mol. The van der Waals surface area contributed by atoms with Crippen LogP contribution in [0.3, 0.4) is 0 Å². The highest BCUT2D eigenvalue weighted by Crippen LogP contribution is 2.29. The molecular weight excluding hydrogens is 290 g/mol. The average molecular weight is 310 g/mol. The molecule has 0 saturated carbocycles. The van der Waals surface area contributed by atoms with Gasteiger partial charge in [0.05, 0.1) is 0 Å². The van der Waals surface area contributed by atoms with Gasteiger partial charge in [-0.3, -0.25) is 4.79 Å². The van der Waals surface area contributed by atoms with E-state index < -0.39 is 11.6 Å². The lowest BCUT2D eigenvalue weighted by molar-refractivity contribution is -0.134. The van der Waals surface area contributed by atoms with Crippen LogP contribution in [0.1, 0.15) is 25.7 Å². The molecule has 2 aliphatic rings. The second-order valence-corrected chi connectivity index (χ2v) is 6.13. The van der Waals surface area contributed by atoms with Crippen molar-refractivity contribution < 1.29 is 18.3 Å². The van der Waals surface area contributed by atoms with E-state index in [0.717, 1.165) is 25.0 Å². The van der Waals surface area contributed by atoms with Crippen LogP contribution in [0.4, 0.5) is 8.78 Å². The van der Waals surface area contributed by atoms with Crippen LogP contribution < -0.4 is 10.1 Å². The molecule has 2 fully saturated rings. The maximum atomic E-state index is 13.5. The van der Waals surface area contributed by atoms with E-state index in [-0.39, 0.29) is 24.3 Å². The van der Waals surface area contributed by atoms with Gasteiger partial charge in [-0.1, -0.05) is 0 Å². The number of amides is 1. The van der Waals surface area contributed by atoms with Gasteiger partial charge in [0.25, 0.3) is 5.91 Å². The number of nitrogens with zero attached hydrogens (tertiary/aromatic N) is 1. The van der Waals surface area contributed by atoms with Crippen molar-refractivity contribution in [2.45, 2.75) is 43.8 Å². The monoisotopic (exact) mass is 310 g/mol. The summed E-state index contributed by atoms with van der Waals surface area (Å²) in [7, 11) is 1.77. The van der Waals surface area contributed by atoms with Gasteiger partial charge in [0, 0.05) is 31.2 Å². The number of benzene rings is 1. The van der Waals surface area contributed by atoms with Gasteiger partial charge in [-0.2, -0.15) is 0 Å². The smallest absolute Gasteiger partial charge is 0.260 e. The Morgan fingerprint density at radius 2 is 2.00 bits per heavy atom. The number of rotatable bonds is 4. The van der Waals surface area contributed by atoms with Crippen molar-refractivity contribution in [1.29, 1.82) is 0 Å². The van der Waals surface area contributed by atoms with Crippen molar-refractivity contribution in [2.24, 2.45) is 0 Å². The molecule has 0 aromatic heterocycles. The number of piperidine rings is 1. The number of ether oxygens (including phenoxy) is 1. The summed E-state index contributed by atoms with van der Waals surface area (Å²) in [5, 5.41) is 3.53. The molecule has 4 nitrogen and oxygen atoms in total. The minimum Gasteiger partial charge on any atom is -0.481 e. The van der Waals surface area contributed by atoms with Crippen LogP contribution in [0.2, 0.25) is 0 Å². The number of hydrogen-bond donors (Lipinski definition) is 1. The molecule has 1 aromatic rings. The average Bonchev–Trinajstić information content (AvgIpc) is 2.83. The largest absolute Gasteiger partial charge is 0.481 e. The molecule has 2 aliphatic heterocycles. The Hall–Kier alpha value is -1.69. The molecule has 2 heterocycles. The number of nitrogens with one attached hydrogen (secondary N) is 1. The molecule has 120 valence electrons. The van der Waals surface area contributed by atoms with E-state index in [1.807, 2.05) is 0 Å². The summed E-state index contributed by atoms with van der Waals surface area (Å²) in [6.07, 6.45) is 4.23. The zero-order valence-corrected chi connectivity index (χ0v) is 12.5. The van der Waals surface area contributed by atoms with Crippen molar-refractivity contribution in [3.05, 3.63) is 29.8 Å². The van der Waals surface area contributed by atoms with E-state index in [2.05, 4.69) is 5.32 Å². The number of carbonyl (C=O) groups excluding carboxylic acids is 1. The van der Waals surface area contributed by atoms with E-state index in [4.69, 9.17) is 4.74 Å². The third kappa shape index (κ3) is 3.21. The van der Waals surface area contributed by atoms with Crippen LogP contribution in [0.25, 0.3) is 0 Å². The topological polar surface area (TPSA) is 41.6 Å². The van der Waals surface area contributed by atoms with Gasteiger partial charge in [0.1, 0.15) is 5.82 Å². The summed E-state index contributed by atoms with van der Waals surface area (Å²) < 4.78 is 31.5. The predicted octanol–water partition coefficient (Wildman–Crippen LogP) is 2.08. The Kier molecular flexibility index (Phi) is 4.29. The molecule has 1 N–H and O–H groups in total. The quantitative estimate of drug-likeness (QED) is 0.926. The first-order chi connectivity index (χ1) is 10.5. The highest BCUT2D eigenvalue weighted by molar-refractivity contribution is 5.77. The van der Waals surface area contributed by atoms with E-state index in [0.29, 0.717) is 12.1 Å². The summed E-state index contributed by atoms with van der Waals surface area (Å²) in [6.45, 7) is -0.238. The third-order valence-corrected chi connectivity index (χ3v) is 4.63. The van der Waals surface area contributed by atoms with Crippen LogP contribution in [-0.4, -0.2) is 42.6 Å². The van der Waals surface area contributed by atoms with E-state index in [9.17, 15) is 13.6 Å². The fraction of sp³-hybridized carbons (Fsp3) is 0.562. The minimum atomic E-state index is -0.796. The van der Waals surface area contributed by atoms with E-state index >= 15 is 0 Å². The van der Waals surface area contributed by atoms with Crippen LogP contribution in [-0.2, 0) is 4.79 Å². The molecular formula is C16H20F2N2O2. The maximum absolute atomic E-state index is 13.5. The van der Waals surface area contributed by atoms with Crippen LogP contribution >= 0.6 is 0 Å². The molecule has 6 heteroatoms. The van der Waals surface area contributed by atoms with E-state index in [1.165, 1.54) is 18.9 Å². The van der Waals surface area contributed by atoms with Crippen LogP contribution in [0.15, 0.2) is 18.2 Å². The second-order valence-electron chi connectivity index (χ2n) is 6.13.